The standard InChI is InChI=1S/C6H9F2N3/c1-5-9-4-11(10-5)3-2-6(7)8/h4,6H,2-3H2,1H3. The van der Waals surface area contributed by atoms with Crippen molar-refractivity contribution in [2.75, 3.05) is 0 Å². The lowest BCUT2D eigenvalue weighted by Crippen LogP contribution is -2.03. The molecule has 5 heteroatoms. The van der Waals surface area contributed by atoms with E-state index in [9.17, 15) is 8.78 Å². The highest BCUT2D eigenvalue weighted by Gasteiger charge is 2.02. The first-order valence-corrected chi connectivity index (χ1v) is 3.32. The molecule has 0 atom stereocenters. The first-order valence-electron chi connectivity index (χ1n) is 3.32. The maximum absolute atomic E-state index is 11.7. The van der Waals surface area contributed by atoms with Crippen LogP contribution >= 0.6 is 0 Å². The van der Waals surface area contributed by atoms with Crippen molar-refractivity contribution in [3.05, 3.63) is 12.2 Å². The van der Waals surface area contributed by atoms with Crippen molar-refractivity contribution in [2.45, 2.75) is 26.3 Å². The maximum Gasteiger partial charge on any atom is 0.240 e. The molecule has 0 aliphatic rings. The summed E-state index contributed by atoms with van der Waals surface area (Å²) in [5.41, 5.74) is 0. The lowest BCUT2D eigenvalue weighted by atomic mass is 10.4. The van der Waals surface area contributed by atoms with E-state index in [1.54, 1.807) is 6.92 Å². The SMILES string of the molecule is Cc1ncn(CCC(F)F)n1. The molecule has 11 heavy (non-hydrogen) atoms. The van der Waals surface area contributed by atoms with Gasteiger partial charge in [0.05, 0.1) is 0 Å². The van der Waals surface area contributed by atoms with Crippen molar-refractivity contribution in [3.63, 3.8) is 0 Å². The van der Waals surface area contributed by atoms with Crippen LogP contribution in [0.2, 0.25) is 0 Å². The molecule has 3 nitrogen and oxygen atoms in total. The van der Waals surface area contributed by atoms with E-state index in [4.69, 9.17) is 0 Å². The minimum Gasteiger partial charge on any atom is -0.252 e. The van der Waals surface area contributed by atoms with Gasteiger partial charge in [0.25, 0.3) is 0 Å². The average molecular weight is 161 g/mol. The second kappa shape index (κ2) is 3.41. The Morgan fingerprint density at radius 3 is 2.82 bits per heavy atom. The number of nitrogens with zero attached hydrogens (tertiary/aromatic N) is 3. The second-order valence-electron chi connectivity index (χ2n) is 2.23. The highest BCUT2D eigenvalue weighted by atomic mass is 19.3. The average Bonchev–Trinajstić information content (AvgIpc) is 2.31. The molecule has 1 rings (SSSR count). The van der Waals surface area contributed by atoms with Crippen LogP contribution in [0.5, 0.6) is 0 Å². The molecule has 0 N–H and O–H groups in total. The van der Waals surface area contributed by atoms with E-state index < -0.39 is 6.43 Å². The van der Waals surface area contributed by atoms with Gasteiger partial charge in [-0.15, -0.1) is 0 Å². The zero-order valence-corrected chi connectivity index (χ0v) is 6.17. The monoisotopic (exact) mass is 161 g/mol. The Kier molecular flexibility index (Phi) is 2.51. The number of hydrogen-bond donors (Lipinski definition) is 0. The van der Waals surface area contributed by atoms with Crippen LogP contribution in [0.1, 0.15) is 12.2 Å². The van der Waals surface area contributed by atoms with Gasteiger partial charge in [0.15, 0.2) is 0 Å². The van der Waals surface area contributed by atoms with Crippen LogP contribution in [0.15, 0.2) is 6.33 Å². The Bertz CT molecular complexity index is 221. The van der Waals surface area contributed by atoms with Crippen molar-refractivity contribution in [1.82, 2.24) is 14.8 Å². The van der Waals surface area contributed by atoms with Gasteiger partial charge in [-0.1, -0.05) is 0 Å². The molecule has 1 aromatic rings. The van der Waals surface area contributed by atoms with E-state index in [-0.39, 0.29) is 13.0 Å². The van der Waals surface area contributed by atoms with E-state index in [2.05, 4.69) is 10.1 Å². The molecule has 0 aromatic carbocycles. The van der Waals surface area contributed by atoms with Crippen LogP contribution in [0.3, 0.4) is 0 Å². The Morgan fingerprint density at radius 2 is 2.36 bits per heavy atom. The molecule has 0 saturated heterocycles. The van der Waals surface area contributed by atoms with Crippen molar-refractivity contribution >= 4 is 0 Å². The predicted molar refractivity (Wildman–Crippen MR) is 35.4 cm³/mol. The van der Waals surface area contributed by atoms with Crippen LogP contribution in [0.25, 0.3) is 0 Å². The fraction of sp³-hybridized carbons (Fsp3) is 0.667. The molecule has 0 spiro atoms. The third kappa shape index (κ3) is 2.61. The smallest absolute Gasteiger partial charge is 0.240 e. The molecule has 1 aromatic heterocycles. The van der Waals surface area contributed by atoms with Crippen molar-refractivity contribution in [3.8, 4) is 0 Å². The summed E-state index contributed by atoms with van der Waals surface area (Å²) in [5.74, 6) is 0.610. The Labute approximate surface area is 63.0 Å². The molecule has 0 bridgehead atoms. The Morgan fingerprint density at radius 1 is 1.64 bits per heavy atom. The summed E-state index contributed by atoms with van der Waals surface area (Å²) >= 11 is 0. The lowest BCUT2D eigenvalue weighted by Gasteiger charge is -1.97. The van der Waals surface area contributed by atoms with Gasteiger partial charge in [-0.3, -0.25) is 4.68 Å². The number of alkyl halides is 2. The van der Waals surface area contributed by atoms with Gasteiger partial charge in [-0.25, -0.2) is 13.8 Å². The topological polar surface area (TPSA) is 30.7 Å². The molecular formula is C6H9F2N3. The molecular weight excluding hydrogens is 152 g/mol. The molecule has 0 saturated carbocycles. The Balaban J connectivity index is 2.39. The maximum atomic E-state index is 11.7. The molecule has 0 aliphatic heterocycles. The summed E-state index contributed by atoms with van der Waals surface area (Å²) in [5, 5.41) is 3.85. The molecule has 0 unspecified atom stereocenters. The summed E-state index contributed by atoms with van der Waals surface area (Å²) in [7, 11) is 0. The van der Waals surface area contributed by atoms with Crippen LogP contribution in [-0.2, 0) is 6.54 Å². The normalized spacial score (nSPS) is 10.9. The fourth-order valence-electron chi connectivity index (χ4n) is 0.725. The van der Waals surface area contributed by atoms with Crippen molar-refractivity contribution in [1.29, 1.82) is 0 Å². The first kappa shape index (κ1) is 8.10. The zero-order valence-electron chi connectivity index (χ0n) is 6.17. The summed E-state index contributed by atoms with van der Waals surface area (Å²) in [6.45, 7) is 1.96. The minimum absolute atomic E-state index is 0.164. The van der Waals surface area contributed by atoms with Gasteiger partial charge in [0, 0.05) is 13.0 Å². The number of aryl methyl sites for hydroxylation is 2. The highest BCUT2D eigenvalue weighted by Crippen LogP contribution is 2.00. The van der Waals surface area contributed by atoms with E-state index >= 15 is 0 Å². The number of aromatic nitrogens is 3. The second-order valence-corrected chi connectivity index (χ2v) is 2.23. The Hall–Kier alpha value is -1.00. The molecule has 1 heterocycles. The lowest BCUT2D eigenvalue weighted by molar-refractivity contribution is 0.130. The predicted octanol–water partition coefficient (Wildman–Crippen LogP) is 1.24. The largest absolute Gasteiger partial charge is 0.252 e. The van der Waals surface area contributed by atoms with Crippen LogP contribution < -0.4 is 0 Å². The number of halogens is 2. The molecule has 0 amide bonds. The molecule has 0 aliphatic carbocycles. The van der Waals surface area contributed by atoms with Gasteiger partial charge in [-0.05, 0) is 6.92 Å². The fourth-order valence-corrected chi connectivity index (χ4v) is 0.725. The highest BCUT2D eigenvalue weighted by molar-refractivity contribution is 4.74. The van der Waals surface area contributed by atoms with Crippen LogP contribution in [0, 0.1) is 6.92 Å². The number of hydrogen-bond acceptors (Lipinski definition) is 2. The zero-order chi connectivity index (χ0) is 8.27. The summed E-state index contributed by atoms with van der Waals surface area (Å²) in [6, 6.07) is 0. The van der Waals surface area contributed by atoms with Gasteiger partial charge in [-0.2, -0.15) is 5.10 Å². The summed E-state index contributed by atoms with van der Waals surface area (Å²) < 4.78 is 24.7. The van der Waals surface area contributed by atoms with Gasteiger partial charge in [0.1, 0.15) is 12.2 Å². The third-order valence-corrected chi connectivity index (χ3v) is 1.23. The summed E-state index contributed by atoms with van der Waals surface area (Å²) in [4.78, 5) is 3.80. The van der Waals surface area contributed by atoms with Crippen molar-refractivity contribution in [2.24, 2.45) is 0 Å². The quantitative estimate of drug-likeness (QED) is 0.667. The van der Waals surface area contributed by atoms with Crippen LogP contribution in [0.4, 0.5) is 8.78 Å². The van der Waals surface area contributed by atoms with Crippen molar-refractivity contribution < 1.29 is 8.78 Å². The summed E-state index contributed by atoms with van der Waals surface area (Å²) in [6.07, 6.45) is -0.972. The van der Waals surface area contributed by atoms with Gasteiger partial charge < -0.3 is 0 Å². The van der Waals surface area contributed by atoms with E-state index in [0.29, 0.717) is 5.82 Å². The molecule has 0 fully saturated rings. The molecule has 0 radical (unpaired) electrons. The first-order chi connectivity index (χ1) is 5.18. The van der Waals surface area contributed by atoms with Crippen LogP contribution in [-0.4, -0.2) is 21.2 Å². The number of rotatable bonds is 3. The third-order valence-electron chi connectivity index (χ3n) is 1.23. The van der Waals surface area contributed by atoms with Gasteiger partial charge in [0.2, 0.25) is 6.43 Å². The van der Waals surface area contributed by atoms with E-state index in [1.165, 1.54) is 11.0 Å². The molecule has 62 valence electrons. The van der Waals surface area contributed by atoms with Gasteiger partial charge >= 0.3 is 0 Å². The van der Waals surface area contributed by atoms with E-state index in [1.807, 2.05) is 0 Å². The van der Waals surface area contributed by atoms with E-state index in [0.717, 1.165) is 0 Å². The minimum atomic E-state index is -2.26.